The van der Waals surface area contributed by atoms with E-state index in [1.165, 1.54) is 0 Å². The van der Waals surface area contributed by atoms with Crippen LogP contribution >= 0.6 is 0 Å². The molecule has 0 heterocycles. The summed E-state index contributed by atoms with van der Waals surface area (Å²) < 4.78 is 21.0. The Labute approximate surface area is 174 Å². The average Bonchev–Trinajstić information content (AvgIpc) is 2.63. The summed E-state index contributed by atoms with van der Waals surface area (Å²) in [7, 11) is 0. The molecule has 9 heteroatoms. The molecule has 0 aromatic rings. The number of Topliss-reactive ketones (excluding diaryl/α,β-unsaturated/α-hetero) is 1. The Morgan fingerprint density at radius 2 is 1.41 bits per heavy atom. The Bertz CT molecular complexity index is 464. The van der Waals surface area contributed by atoms with Gasteiger partial charge in [0.1, 0.15) is 11.4 Å². The van der Waals surface area contributed by atoms with Crippen LogP contribution in [0.15, 0.2) is 0 Å². The third-order valence-electron chi connectivity index (χ3n) is 3.44. The number of hydrogen-bond acceptors (Lipinski definition) is 8. The Morgan fingerprint density at radius 3 is 2.10 bits per heavy atom. The van der Waals surface area contributed by atoms with Gasteiger partial charge in [0.05, 0.1) is 39.5 Å². The van der Waals surface area contributed by atoms with Crippen molar-refractivity contribution in [3.63, 3.8) is 0 Å². The van der Waals surface area contributed by atoms with Crippen LogP contribution in [-0.2, 0) is 33.3 Å². The molecule has 9 nitrogen and oxygen atoms in total. The molecular formula is C20H38N2O7. The van der Waals surface area contributed by atoms with Gasteiger partial charge in [0.15, 0.2) is 0 Å². The lowest BCUT2D eigenvalue weighted by atomic mass is 10.2. The molecule has 0 bridgehead atoms. The first kappa shape index (κ1) is 27.5. The number of ether oxygens (including phenoxy) is 4. The fraction of sp³-hybridized carbons (Fsp3) is 0.850. The number of ketones is 1. The third kappa shape index (κ3) is 21.0. The minimum atomic E-state index is -0.490. The van der Waals surface area contributed by atoms with Crippen molar-refractivity contribution in [2.45, 2.75) is 58.5 Å². The van der Waals surface area contributed by atoms with Crippen molar-refractivity contribution in [3.05, 3.63) is 0 Å². The summed E-state index contributed by atoms with van der Waals surface area (Å²) in [5.41, 5.74) is 4.79. The molecule has 1 amide bonds. The standard InChI is InChI=1S/C20H38N2O7/c1-20(2,3)29-19(25)8-14-26-11-4-5-17(23)6-12-28-16-10-22-18(24)7-13-27-15-9-21/h4-16,21H2,1-3H3,(H,22,24). The number of nitrogens with one attached hydrogen (secondary N) is 1. The number of nitrogens with two attached hydrogens (primary N) is 1. The largest absolute Gasteiger partial charge is 0.460 e. The van der Waals surface area contributed by atoms with Crippen LogP contribution in [0.5, 0.6) is 0 Å². The molecule has 0 aliphatic rings. The topological polar surface area (TPSA) is 126 Å². The molecule has 0 atom stereocenters. The molecule has 0 aliphatic heterocycles. The molecule has 0 rings (SSSR count). The van der Waals surface area contributed by atoms with Gasteiger partial charge in [-0.15, -0.1) is 0 Å². The highest BCUT2D eigenvalue weighted by molar-refractivity contribution is 5.78. The SMILES string of the molecule is CC(C)(C)OC(=O)CCOCCCC(=O)CCOCCNC(=O)CCOCCN. The summed E-state index contributed by atoms with van der Waals surface area (Å²) in [5.74, 6) is -0.294. The van der Waals surface area contributed by atoms with E-state index >= 15 is 0 Å². The maximum atomic E-state index is 11.8. The van der Waals surface area contributed by atoms with Gasteiger partial charge in [-0.3, -0.25) is 14.4 Å². The number of hydrogen-bond donors (Lipinski definition) is 2. The number of esters is 1. The van der Waals surface area contributed by atoms with Crippen molar-refractivity contribution < 1.29 is 33.3 Å². The Morgan fingerprint density at radius 1 is 0.793 bits per heavy atom. The molecule has 0 saturated heterocycles. The normalized spacial score (nSPS) is 11.3. The smallest absolute Gasteiger partial charge is 0.308 e. The zero-order valence-corrected chi connectivity index (χ0v) is 18.1. The number of amides is 1. The molecule has 0 aromatic heterocycles. The molecular weight excluding hydrogens is 380 g/mol. The number of rotatable bonds is 18. The van der Waals surface area contributed by atoms with E-state index in [1.807, 2.05) is 20.8 Å². The van der Waals surface area contributed by atoms with Gasteiger partial charge in [-0.25, -0.2) is 0 Å². The highest BCUT2D eigenvalue weighted by atomic mass is 16.6. The average molecular weight is 419 g/mol. The van der Waals surface area contributed by atoms with Gasteiger partial charge in [-0.05, 0) is 27.2 Å². The van der Waals surface area contributed by atoms with Crippen LogP contribution in [0.3, 0.4) is 0 Å². The van der Waals surface area contributed by atoms with Gasteiger partial charge < -0.3 is 30.0 Å². The molecule has 29 heavy (non-hydrogen) atoms. The molecule has 0 saturated carbocycles. The first-order chi connectivity index (χ1) is 13.7. The molecule has 170 valence electrons. The zero-order chi connectivity index (χ0) is 22.0. The van der Waals surface area contributed by atoms with E-state index < -0.39 is 5.60 Å². The van der Waals surface area contributed by atoms with Crippen LogP contribution in [0, 0.1) is 0 Å². The second-order valence-corrected chi connectivity index (χ2v) is 7.45. The zero-order valence-electron chi connectivity index (χ0n) is 18.1. The second kappa shape index (κ2) is 17.3. The van der Waals surface area contributed by atoms with E-state index in [0.717, 1.165) is 0 Å². The van der Waals surface area contributed by atoms with Crippen LogP contribution in [0.25, 0.3) is 0 Å². The quantitative estimate of drug-likeness (QED) is 0.249. The van der Waals surface area contributed by atoms with E-state index in [-0.39, 0.29) is 30.7 Å². The summed E-state index contributed by atoms with van der Waals surface area (Å²) >= 11 is 0. The van der Waals surface area contributed by atoms with E-state index in [1.54, 1.807) is 0 Å². The Hall–Kier alpha value is -1.55. The summed E-state index contributed by atoms with van der Waals surface area (Å²) in [6.07, 6.45) is 1.85. The van der Waals surface area contributed by atoms with Crippen molar-refractivity contribution in [1.82, 2.24) is 5.32 Å². The minimum Gasteiger partial charge on any atom is -0.460 e. The molecule has 0 unspecified atom stereocenters. The lowest BCUT2D eigenvalue weighted by molar-refractivity contribution is -0.156. The lowest BCUT2D eigenvalue weighted by Crippen LogP contribution is -2.28. The lowest BCUT2D eigenvalue weighted by Gasteiger charge is -2.19. The predicted octanol–water partition coefficient (Wildman–Crippen LogP) is 0.972. The molecule has 0 aliphatic carbocycles. The number of carbonyl (C=O) groups excluding carboxylic acids is 3. The van der Waals surface area contributed by atoms with Crippen molar-refractivity contribution in [1.29, 1.82) is 0 Å². The van der Waals surface area contributed by atoms with Crippen LogP contribution in [-0.4, -0.2) is 76.0 Å². The number of carbonyl (C=O) groups is 3. The van der Waals surface area contributed by atoms with E-state index in [2.05, 4.69) is 5.32 Å². The van der Waals surface area contributed by atoms with Gasteiger partial charge in [-0.2, -0.15) is 0 Å². The van der Waals surface area contributed by atoms with Crippen LogP contribution in [0.4, 0.5) is 0 Å². The molecule has 0 spiro atoms. The van der Waals surface area contributed by atoms with Crippen molar-refractivity contribution in [2.24, 2.45) is 5.73 Å². The van der Waals surface area contributed by atoms with E-state index in [4.69, 9.17) is 24.7 Å². The minimum absolute atomic E-state index is 0.0989. The maximum absolute atomic E-state index is 11.8. The van der Waals surface area contributed by atoms with Gasteiger partial charge in [0.25, 0.3) is 0 Å². The van der Waals surface area contributed by atoms with Crippen molar-refractivity contribution in [3.8, 4) is 0 Å². The van der Waals surface area contributed by atoms with E-state index in [0.29, 0.717) is 71.8 Å². The fourth-order valence-corrected chi connectivity index (χ4v) is 2.14. The van der Waals surface area contributed by atoms with E-state index in [9.17, 15) is 14.4 Å². The highest BCUT2D eigenvalue weighted by Crippen LogP contribution is 2.08. The van der Waals surface area contributed by atoms with Crippen molar-refractivity contribution in [2.75, 3.05) is 52.7 Å². The van der Waals surface area contributed by atoms with Gasteiger partial charge >= 0.3 is 5.97 Å². The first-order valence-electron chi connectivity index (χ1n) is 10.2. The third-order valence-corrected chi connectivity index (χ3v) is 3.44. The monoisotopic (exact) mass is 418 g/mol. The van der Waals surface area contributed by atoms with Gasteiger partial charge in [0.2, 0.25) is 5.91 Å². The molecule has 0 fully saturated rings. The maximum Gasteiger partial charge on any atom is 0.308 e. The summed E-state index contributed by atoms with van der Waals surface area (Å²) in [6, 6.07) is 0. The summed E-state index contributed by atoms with van der Waals surface area (Å²) in [6.45, 7) is 8.49. The fourth-order valence-electron chi connectivity index (χ4n) is 2.14. The Balaban J connectivity index is 3.42. The van der Waals surface area contributed by atoms with Crippen LogP contribution < -0.4 is 11.1 Å². The van der Waals surface area contributed by atoms with Crippen molar-refractivity contribution >= 4 is 17.7 Å². The highest BCUT2D eigenvalue weighted by Gasteiger charge is 2.15. The second-order valence-electron chi connectivity index (χ2n) is 7.45. The summed E-state index contributed by atoms with van der Waals surface area (Å²) in [4.78, 5) is 34.7. The summed E-state index contributed by atoms with van der Waals surface area (Å²) in [5, 5.41) is 2.71. The van der Waals surface area contributed by atoms with Gasteiger partial charge in [0, 0.05) is 39.0 Å². The molecule has 3 N–H and O–H groups in total. The van der Waals surface area contributed by atoms with Crippen LogP contribution in [0.2, 0.25) is 0 Å². The van der Waals surface area contributed by atoms with Gasteiger partial charge in [-0.1, -0.05) is 0 Å². The van der Waals surface area contributed by atoms with Crippen LogP contribution in [0.1, 0.15) is 52.9 Å². The molecule has 0 aromatic carbocycles. The molecule has 0 radical (unpaired) electrons. The Kier molecular flexibility index (Phi) is 16.4. The predicted molar refractivity (Wildman–Crippen MR) is 108 cm³/mol. The first-order valence-corrected chi connectivity index (χ1v) is 10.2.